The molecule has 1 heterocycles. The minimum absolute atomic E-state index is 0.0811. The molecule has 1 N–H and O–H groups in total. The van der Waals surface area contributed by atoms with Crippen molar-refractivity contribution >= 4 is 22.4 Å². The number of esters is 1. The molecular weight excluding hydrogens is 274 g/mol. The maximum absolute atomic E-state index is 13.4. The van der Waals surface area contributed by atoms with Gasteiger partial charge in [0, 0.05) is 12.1 Å². The number of benzene rings is 1. The van der Waals surface area contributed by atoms with Crippen molar-refractivity contribution in [3.05, 3.63) is 46.5 Å². The van der Waals surface area contributed by atoms with Gasteiger partial charge in [0.2, 0.25) is 0 Å². The normalized spacial score (nSPS) is 10.3. The van der Waals surface area contributed by atoms with Crippen LogP contribution >= 0.6 is 11.3 Å². The zero-order chi connectivity index (χ0) is 13.8. The van der Waals surface area contributed by atoms with E-state index < -0.39 is 17.6 Å². The van der Waals surface area contributed by atoms with Crippen molar-refractivity contribution in [2.45, 2.75) is 6.54 Å². The van der Waals surface area contributed by atoms with E-state index in [0.717, 1.165) is 29.5 Å². The largest absolute Gasteiger partial charge is 0.465 e. The Morgan fingerprint density at radius 1 is 1.47 bits per heavy atom. The van der Waals surface area contributed by atoms with Crippen LogP contribution in [0.5, 0.6) is 0 Å². The van der Waals surface area contributed by atoms with Crippen LogP contribution in [0.1, 0.15) is 15.2 Å². The van der Waals surface area contributed by atoms with Crippen LogP contribution in [0.4, 0.5) is 13.9 Å². The molecule has 1 aromatic heterocycles. The maximum Gasteiger partial charge on any atom is 0.349 e. The molecule has 2 rings (SSSR count). The second kappa shape index (κ2) is 5.75. The Hall–Kier alpha value is -2.02. The number of carbonyl (C=O) groups excluding carboxylic acids is 1. The lowest BCUT2D eigenvalue weighted by molar-refractivity contribution is 0.0606. The molecule has 0 saturated carbocycles. The second-order valence-corrected chi connectivity index (χ2v) is 4.64. The summed E-state index contributed by atoms with van der Waals surface area (Å²) in [6.45, 7) is 0.0811. The number of ether oxygens (including phenoxy) is 1. The number of nitrogens with zero attached hydrogens (tertiary/aromatic N) is 1. The smallest absolute Gasteiger partial charge is 0.349 e. The number of halogens is 2. The van der Waals surface area contributed by atoms with E-state index in [1.54, 1.807) is 0 Å². The fourth-order valence-electron chi connectivity index (χ4n) is 1.40. The average molecular weight is 284 g/mol. The monoisotopic (exact) mass is 284 g/mol. The number of rotatable bonds is 4. The minimum atomic E-state index is -0.507. The molecule has 0 amide bonds. The van der Waals surface area contributed by atoms with Crippen molar-refractivity contribution in [1.29, 1.82) is 0 Å². The van der Waals surface area contributed by atoms with Crippen molar-refractivity contribution in [3.63, 3.8) is 0 Å². The molecule has 1 aromatic carbocycles. The first kappa shape index (κ1) is 13.4. The number of aromatic nitrogens is 1. The van der Waals surface area contributed by atoms with Crippen LogP contribution in [0.3, 0.4) is 0 Å². The first-order valence-electron chi connectivity index (χ1n) is 5.32. The van der Waals surface area contributed by atoms with Crippen LogP contribution in [-0.2, 0) is 11.3 Å². The van der Waals surface area contributed by atoms with E-state index in [-0.39, 0.29) is 12.1 Å². The molecule has 0 aliphatic heterocycles. The Bertz CT molecular complexity index is 601. The van der Waals surface area contributed by atoms with E-state index in [2.05, 4.69) is 15.0 Å². The van der Waals surface area contributed by atoms with E-state index in [0.29, 0.717) is 10.0 Å². The number of nitrogens with one attached hydrogen (secondary N) is 1. The van der Waals surface area contributed by atoms with Gasteiger partial charge in [0.1, 0.15) is 16.5 Å². The molecule has 0 unspecified atom stereocenters. The lowest BCUT2D eigenvalue weighted by Gasteiger charge is -2.04. The lowest BCUT2D eigenvalue weighted by atomic mass is 10.2. The highest BCUT2D eigenvalue weighted by Gasteiger charge is 2.11. The van der Waals surface area contributed by atoms with Gasteiger partial charge in [-0.15, -0.1) is 0 Å². The number of carbonyl (C=O) groups is 1. The third-order valence-corrected chi connectivity index (χ3v) is 3.27. The van der Waals surface area contributed by atoms with E-state index in [1.807, 2.05) is 0 Å². The van der Waals surface area contributed by atoms with Crippen molar-refractivity contribution in [2.75, 3.05) is 12.4 Å². The Balaban J connectivity index is 2.04. The molecule has 0 saturated heterocycles. The average Bonchev–Trinajstić information content (AvgIpc) is 2.88. The van der Waals surface area contributed by atoms with Gasteiger partial charge >= 0.3 is 5.97 Å². The first-order valence-corrected chi connectivity index (χ1v) is 6.13. The zero-order valence-corrected chi connectivity index (χ0v) is 10.8. The van der Waals surface area contributed by atoms with Crippen LogP contribution in [0, 0.1) is 11.6 Å². The van der Waals surface area contributed by atoms with Crippen LogP contribution in [-0.4, -0.2) is 18.1 Å². The van der Waals surface area contributed by atoms with Crippen LogP contribution in [0.2, 0.25) is 0 Å². The van der Waals surface area contributed by atoms with Crippen molar-refractivity contribution < 1.29 is 18.3 Å². The molecule has 0 atom stereocenters. The maximum atomic E-state index is 13.4. The van der Waals surface area contributed by atoms with Gasteiger partial charge < -0.3 is 10.1 Å². The van der Waals surface area contributed by atoms with E-state index in [4.69, 9.17) is 0 Å². The number of hydrogen-bond donors (Lipinski definition) is 1. The number of anilines is 1. The molecule has 7 heteroatoms. The quantitative estimate of drug-likeness (QED) is 0.877. The van der Waals surface area contributed by atoms with Crippen LogP contribution < -0.4 is 5.32 Å². The van der Waals surface area contributed by atoms with Gasteiger partial charge in [-0.3, -0.25) is 0 Å². The summed E-state index contributed by atoms with van der Waals surface area (Å²) in [5.74, 6) is -1.49. The summed E-state index contributed by atoms with van der Waals surface area (Å²) in [6.07, 6.45) is 1.36. The highest BCUT2D eigenvalue weighted by atomic mass is 32.1. The predicted molar refractivity (Wildman–Crippen MR) is 67.1 cm³/mol. The second-order valence-electron chi connectivity index (χ2n) is 3.61. The Labute approximate surface area is 112 Å². The summed E-state index contributed by atoms with van der Waals surface area (Å²) in [5.41, 5.74) is 0.190. The molecule has 0 aliphatic rings. The summed E-state index contributed by atoms with van der Waals surface area (Å²) in [4.78, 5) is 15.5. The molecule has 0 aliphatic carbocycles. The number of methoxy groups -OCH3 is 1. The van der Waals surface area contributed by atoms with Gasteiger partial charge in [0.25, 0.3) is 0 Å². The molecule has 19 heavy (non-hydrogen) atoms. The summed E-state index contributed by atoms with van der Waals surface area (Å²) >= 11 is 1.08. The Morgan fingerprint density at radius 3 is 3.00 bits per heavy atom. The topological polar surface area (TPSA) is 51.2 Å². The lowest BCUT2D eigenvalue weighted by Crippen LogP contribution is -2.01. The highest BCUT2D eigenvalue weighted by molar-refractivity contribution is 7.17. The molecule has 0 fully saturated rings. The minimum Gasteiger partial charge on any atom is -0.465 e. The number of thiazole rings is 1. The molecular formula is C12H10F2N2O2S. The SMILES string of the molecule is COC(=O)c1cnc(NCc2cc(F)ccc2F)s1. The third-order valence-electron chi connectivity index (χ3n) is 2.33. The predicted octanol–water partition coefficient (Wildman–Crippen LogP) is 2.82. The van der Waals surface area contributed by atoms with Gasteiger partial charge in [-0.2, -0.15) is 0 Å². The van der Waals surface area contributed by atoms with Crippen molar-refractivity contribution in [3.8, 4) is 0 Å². The third kappa shape index (κ3) is 3.25. The van der Waals surface area contributed by atoms with Gasteiger partial charge in [0.05, 0.1) is 13.3 Å². The number of hydrogen-bond acceptors (Lipinski definition) is 5. The fraction of sp³-hybridized carbons (Fsp3) is 0.167. The molecule has 0 radical (unpaired) electrons. The Morgan fingerprint density at radius 2 is 2.26 bits per heavy atom. The summed E-state index contributed by atoms with van der Waals surface area (Å²) < 4.78 is 30.9. The van der Waals surface area contributed by atoms with Gasteiger partial charge in [-0.25, -0.2) is 18.6 Å². The highest BCUT2D eigenvalue weighted by Crippen LogP contribution is 2.20. The molecule has 2 aromatic rings. The van der Waals surface area contributed by atoms with E-state index in [1.165, 1.54) is 13.3 Å². The summed E-state index contributed by atoms with van der Waals surface area (Å²) in [6, 6.07) is 3.23. The van der Waals surface area contributed by atoms with Gasteiger partial charge in [-0.05, 0) is 18.2 Å². The van der Waals surface area contributed by atoms with E-state index in [9.17, 15) is 13.6 Å². The van der Waals surface area contributed by atoms with Crippen molar-refractivity contribution in [2.24, 2.45) is 0 Å². The van der Waals surface area contributed by atoms with E-state index >= 15 is 0 Å². The zero-order valence-electron chi connectivity index (χ0n) is 9.94. The van der Waals surface area contributed by atoms with Crippen LogP contribution in [0.25, 0.3) is 0 Å². The standard InChI is InChI=1S/C12H10F2N2O2S/c1-18-11(17)10-6-16-12(19-10)15-5-7-4-8(13)2-3-9(7)14/h2-4,6H,5H2,1H3,(H,15,16). The summed E-state index contributed by atoms with van der Waals surface area (Å²) in [7, 11) is 1.28. The molecule has 0 spiro atoms. The fourth-order valence-corrected chi connectivity index (χ4v) is 2.13. The Kier molecular flexibility index (Phi) is 4.06. The van der Waals surface area contributed by atoms with Gasteiger partial charge in [-0.1, -0.05) is 11.3 Å². The summed E-state index contributed by atoms with van der Waals surface area (Å²) in [5, 5.41) is 3.26. The van der Waals surface area contributed by atoms with Crippen LogP contribution in [0.15, 0.2) is 24.4 Å². The van der Waals surface area contributed by atoms with Gasteiger partial charge in [0.15, 0.2) is 5.13 Å². The molecule has 0 bridgehead atoms. The first-order chi connectivity index (χ1) is 9.10. The molecule has 100 valence electrons. The molecule has 4 nitrogen and oxygen atoms in total. The van der Waals surface area contributed by atoms with Crippen molar-refractivity contribution in [1.82, 2.24) is 4.98 Å².